The Hall–Kier alpha value is -2.95. The Bertz CT molecular complexity index is 1030. The number of nitrogens with one attached hydrogen (secondary N) is 4. The van der Waals surface area contributed by atoms with E-state index in [1.807, 2.05) is 6.07 Å². The van der Waals surface area contributed by atoms with Gasteiger partial charge in [0.05, 0.1) is 19.3 Å². The summed E-state index contributed by atoms with van der Waals surface area (Å²) in [5.74, 6) is 1.53. The lowest BCUT2D eigenvalue weighted by Gasteiger charge is -2.19. The smallest absolute Gasteiger partial charge is 0.227 e. The zero-order valence-electron chi connectivity index (χ0n) is 16.6. The highest BCUT2D eigenvalue weighted by Gasteiger charge is 2.26. The minimum absolute atomic E-state index is 0.106. The van der Waals surface area contributed by atoms with Crippen LogP contribution in [0.1, 0.15) is 36.1 Å². The molecule has 0 aliphatic heterocycles. The molecule has 0 radical (unpaired) electrons. The van der Waals surface area contributed by atoms with Crippen molar-refractivity contribution in [2.45, 2.75) is 24.8 Å². The number of H-pyrrole nitrogens is 1. The molecular weight excluding hydrogens is 425 g/mol. The van der Waals surface area contributed by atoms with Gasteiger partial charge in [-0.1, -0.05) is 23.7 Å². The van der Waals surface area contributed by atoms with Crippen LogP contribution < -0.4 is 16.0 Å². The molecule has 0 spiro atoms. The van der Waals surface area contributed by atoms with Crippen LogP contribution in [0, 0.1) is 5.82 Å². The Morgan fingerprint density at radius 1 is 1.16 bits per heavy atom. The van der Waals surface area contributed by atoms with E-state index in [1.165, 1.54) is 12.1 Å². The molecule has 31 heavy (non-hydrogen) atoms. The van der Waals surface area contributed by atoms with E-state index >= 15 is 0 Å². The number of nitrogens with zero attached hydrogens (tertiary/aromatic N) is 3. The number of aliphatic hydroxyl groups is 2. The quantitative estimate of drug-likeness (QED) is 0.279. The maximum absolute atomic E-state index is 13.2. The molecule has 1 fully saturated rings. The number of benzene rings is 1. The molecule has 3 aromatic rings. The van der Waals surface area contributed by atoms with Crippen molar-refractivity contribution in [3.05, 3.63) is 52.4 Å². The summed E-state index contributed by atoms with van der Waals surface area (Å²) in [5.41, 5.74) is 1.73. The van der Waals surface area contributed by atoms with E-state index in [4.69, 9.17) is 16.7 Å². The minimum atomic E-state index is -0.563. The number of aromatic nitrogens is 4. The van der Waals surface area contributed by atoms with E-state index in [9.17, 15) is 9.50 Å². The molecule has 1 saturated carbocycles. The normalized spacial score (nSPS) is 14.3. The third-order valence-electron chi connectivity index (χ3n) is 4.88. The van der Waals surface area contributed by atoms with Gasteiger partial charge in [0.1, 0.15) is 10.8 Å². The Kier molecular flexibility index (Phi) is 6.50. The lowest BCUT2D eigenvalue weighted by Crippen LogP contribution is -2.18. The summed E-state index contributed by atoms with van der Waals surface area (Å²) in [4.78, 5) is 8.79. The first-order chi connectivity index (χ1) is 15.1. The zero-order chi connectivity index (χ0) is 21.8. The molecule has 4 rings (SSSR count). The maximum Gasteiger partial charge on any atom is 0.227 e. The topological polar surface area (TPSA) is 131 Å². The molecular formula is C20H23ClFN7O2. The summed E-state index contributed by atoms with van der Waals surface area (Å²) in [7, 11) is 0. The van der Waals surface area contributed by atoms with Crippen LogP contribution in [0.25, 0.3) is 0 Å². The van der Waals surface area contributed by atoms with Crippen LogP contribution in [-0.4, -0.2) is 50.1 Å². The lowest BCUT2D eigenvalue weighted by molar-refractivity contribution is 0.276. The molecule has 0 amide bonds. The Morgan fingerprint density at radius 3 is 2.58 bits per heavy atom. The van der Waals surface area contributed by atoms with Gasteiger partial charge in [-0.05, 0) is 30.5 Å². The van der Waals surface area contributed by atoms with Crippen molar-refractivity contribution < 1.29 is 14.6 Å². The largest absolute Gasteiger partial charge is 0.395 e. The Balaban J connectivity index is 1.60. The molecule has 2 aromatic heterocycles. The van der Waals surface area contributed by atoms with Gasteiger partial charge in [0, 0.05) is 24.2 Å². The molecule has 1 aromatic carbocycles. The van der Waals surface area contributed by atoms with Crippen molar-refractivity contribution >= 4 is 35.0 Å². The first-order valence-corrected chi connectivity index (χ1v) is 10.3. The fourth-order valence-corrected chi connectivity index (χ4v) is 3.30. The lowest BCUT2D eigenvalue weighted by atomic mass is 10.1. The average Bonchev–Trinajstić information content (AvgIpc) is 3.52. The number of hydrogen-bond acceptors (Lipinski definition) is 8. The first kappa shape index (κ1) is 21.3. The number of hydrogen-bond donors (Lipinski definition) is 6. The van der Waals surface area contributed by atoms with Gasteiger partial charge >= 0.3 is 0 Å². The number of aromatic amines is 1. The fraction of sp³-hybridized carbons (Fsp3) is 0.350. The van der Waals surface area contributed by atoms with Gasteiger partial charge in [0.25, 0.3) is 0 Å². The summed E-state index contributed by atoms with van der Waals surface area (Å²) >= 11 is 6.46. The molecule has 11 heteroatoms. The molecule has 2 heterocycles. The van der Waals surface area contributed by atoms with Crippen LogP contribution in [0.2, 0.25) is 5.02 Å². The van der Waals surface area contributed by atoms with Crippen LogP contribution in [0.15, 0.2) is 30.3 Å². The van der Waals surface area contributed by atoms with Crippen LogP contribution in [0.5, 0.6) is 0 Å². The third-order valence-corrected chi connectivity index (χ3v) is 5.23. The molecule has 9 nitrogen and oxygen atoms in total. The summed E-state index contributed by atoms with van der Waals surface area (Å²) in [5, 5.41) is 35.6. The SMILES string of the molecule is OCCNc1nc(N[C@@H](CO)c2ccc(F)cc2)nc(Nc2cc(C3CC3)[nH]n2)c1Cl. The molecule has 0 unspecified atom stereocenters. The van der Waals surface area contributed by atoms with Gasteiger partial charge in [0.2, 0.25) is 5.95 Å². The van der Waals surface area contributed by atoms with Gasteiger partial charge in [0.15, 0.2) is 17.5 Å². The van der Waals surface area contributed by atoms with Gasteiger partial charge < -0.3 is 26.2 Å². The van der Waals surface area contributed by atoms with Crippen LogP contribution in [-0.2, 0) is 0 Å². The zero-order valence-corrected chi connectivity index (χ0v) is 17.3. The van der Waals surface area contributed by atoms with Crippen molar-refractivity contribution in [2.24, 2.45) is 0 Å². The van der Waals surface area contributed by atoms with E-state index in [0.717, 1.165) is 18.5 Å². The fourth-order valence-electron chi connectivity index (χ4n) is 3.10. The second-order valence-corrected chi connectivity index (χ2v) is 7.63. The summed E-state index contributed by atoms with van der Waals surface area (Å²) in [6.45, 7) is -0.125. The number of aliphatic hydroxyl groups excluding tert-OH is 2. The molecule has 164 valence electrons. The number of halogens is 2. The standard InChI is InChI=1S/C20H23ClFN7O2/c21-17-18(23-7-8-30)26-20(24-15(10-31)12-3-5-13(22)6-4-12)27-19(17)25-16-9-14(28-29-16)11-1-2-11/h3-6,9,11,15,30-31H,1-2,7-8,10H2,(H4,23,24,25,26,27,28,29)/t15-/m0/s1. The van der Waals surface area contributed by atoms with Gasteiger partial charge in [-0.25, -0.2) is 4.39 Å². The van der Waals surface area contributed by atoms with Crippen LogP contribution in [0.4, 0.5) is 27.8 Å². The van der Waals surface area contributed by atoms with Gasteiger partial charge in [-0.3, -0.25) is 5.10 Å². The molecule has 0 bridgehead atoms. The minimum Gasteiger partial charge on any atom is -0.395 e. The van der Waals surface area contributed by atoms with E-state index in [0.29, 0.717) is 28.9 Å². The van der Waals surface area contributed by atoms with Crippen molar-refractivity contribution in [1.82, 2.24) is 20.2 Å². The number of anilines is 4. The summed E-state index contributed by atoms with van der Waals surface area (Å²) in [6.07, 6.45) is 2.29. The second-order valence-electron chi connectivity index (χ2n) is 7.25. The van der Waals surface area contributed by atoms with E-state index in [2.05, 4.69) is 36.1 Å². The summed E-state index contributed by atoms with van der Waals surface area (Å²) < 4.78 is 13.2. The molecule has 1 aliphatic carbocycles. The average molecular weight is 448 g/mol. The molecule has 6 N–H and O–H groups in total. The monoisotopic (exact) mass is 447 g/mol. The summed E-state index contributed by atoms with van der Waals surface area (Å²) in [6, 6.07) is 7.14. The highest BCUT2D eigenvalue weighted by atomic mass is 35.5. The Morgan fingerprint density at radius 2 is 1.90 bits per heavy atom. The predicted molar refractivity (Wildman–Crippen MR) is 116 cm³/mol. The third kappa shape index (κ3) is 5.22. The predicted octanol–water partition coefficient (Wildman–Crippen LogP) is 3.16. The highest BCUT2D eigenvalue weighted by molar-refractivity contribution is 6.35. The van der Waals surface area contributed by atoms with Gasteiger partial charge in [-0.2, -0.15) is 15.1 Å². The first-order valence-electron chi connectivity index (χ1n) is 9.95. The van der Waals surface area contributed by atoms with Crippen molar-refractivity contribution in [3.63, 3.8) is 0 Å². The van der Waals surface area contributed by atoms with Crippen LogP contribution >= 0.6 is 11.6 Å². The van der Waals surface area contributed by atoms with Crippen LogP contribution in [0.3, 0.4) is 0 Å². The highest BCUT2D eigenvalue weighted by Crippen LogP contribution is 2.40. The van der Waals surface area contributed by atoms with E-state index in [1.54, 1.807) is 12.1 Å². The molecule has 1 aliphatic rings. The molecule has 1 atom stereocenters. The maximum atomic E-state index is 13.2. The van der Waals surface area contributed by atoms with Crippen molar-refractivity contribution in [1.29, 1.82) is 0 Å². The van der Waals surface area contributed by atoms with E-state index in [-0.39, 0.29) is 36.5 Å². The number of rotatable bonds is 10. The second kappa shape index (κ2) is 9.46. The molecule has 0 saturated heterocycles. The van der Waals surface area contributed by atoms with Crippen molar-refractivity contribution in [3.8, 4) is 0 Å². The van der Waals surface area contributed by atoms with Crippen molar-refractivity contribution in [2.75, 3.05) is 35.7 Å². The van der Waals surface area contributed by atoms with E-state index < -0.39 is 6.04 Å². The Labute approximate surface area is 183 Å². The van der Waals surface area contributed by atoms with Gasteiger partial charge in [-0.15, -0.1) is 0 Å².